The zero-order chi connectivity index (χ0) is 16.4. The number of carbonyl (C=O) groups excluding carboxylic acids is 1. The molecule has 4 nitrogen and oxygen atoms in total. The molecule has 0 aliphatic carbocycles. The lowest BCUT2D eigenvalue weighted by Crippen LogP contribution is -2.33. The molecule has 0 fully saturated rings. The number of aromatic nitrogens is 1. The second-order valence-electron chi connectivity index (χ2n) is 6.49. The van der Waals surface area contributed by atoms with E-state index in [-0.39, 0.29) is 5.91 Å². The molecule has 0 radical (unpaired) electrons. The van der Waals surface area contributed by atoms with Gasteiger partial charge in [0, 0.05) is 28.8 Å². The third kappa shape index (κ3) is 1.59. The molecule has 3 aromatic rings. The quantitative estimate of drug-likeness (QED) is 0.597. The maximum absolute atomic E-state index is 12.6. The predicted molar refractivity (Wildman–Crippen MR) is 90.4 cm³/mol. The molecule has 2 aromatic carbocycles. The third-order valence-corrected chi connectivity index (χ3v) is 4.80. The van der Waals surface area contributed by atoms with Crippen LogP contribution in [0.4, 0.5) is 5.69 Å². The molecule has 1 aliphatic rings. The minimum atomic E-state index is -0.625. The van der Waals surface area contributed by atoms with E-state index in [2.05, 4.69) is 11.1 Å². The van der Waals surface area contributed by atoms with E-state index in [4.69, 9.17) is 0 Å². The van der Waals surface area contributed by atoms with Crippen LogP contribution in [0.3, 0.4) is 0 Å². The van der Waals surface area contributed by atoms with Gasteiger partial charge in [0.05, 0.1) is 34.4 Å². The number of hydrogen-bond donors (Lipinski definition) is 0. The van der Waals surface area contributed by atoms with Gasteiger partial charge >= 0.3 is 0 Å². The van der Waals surface area contributed by atoms with Crippen molar-refractivity contribution in [3.05, 3.63) is 47.7 Å². The van der Waals surface area contributed by atoms with Crippen LogP contribution >= 0.6 is 0 Å². The van der Waals surface area contributed by atoms with Gasteiger partial charge in [0.25, 0.3) is 0 Å². The number of anilines is 1. The van der Waals surface area contributed by atoms with Crippen LogP contribution in [0.15, 0.2) is 36.5 Å². The summed E-state index contributed by atoms with van der Waals surface area (Å²) < 4.78 is 0. The molecule has 0 atom stereocenters. The fourth-order valence-electron chi connectivity index (χ4n) is 3.66. The summed E-state index contributed by atoms with van der Waals surface area (Å²) in [5.74, 6) is 0.0495. The molecule has 0 N–H and O–H groups in total. The first kappa shape index (κ1) is 13.7. The van der Waals surface area contributed by atoms with Gasteiger partial charge in [-0.3, -0.25) is 9.78 Å². The molecule has 23 heavy (non-hydrogen) atoms. The van der Waals surface area contributed by atoms with E-state index in [0.29, 0.717) is 5.56 Å². The van der Waals surface area contributed by atoms with Gasteiger partial charge in [-0.15, -0.1) is 0 Å². The molecule has 4 rings (SSSR count). The van der Waals surface area contributed by atoms with Gasteiger partial charge in [-0.1, -0.05) is 24.3 Å². The molecule has 0 saturated heterocycles. The third-order valence-electron chi connectivity index (χ3n) is 4.80. The molecule has 1 amide bonds. The number of benzene rings is 2. The Morgan fingerprint density at radius 3 is 2.57 bits per heavy atom. The largest absolute Gasteiger partial charge is 0.313 e. The second-order valence-corrected chi connectivity index (χ2v) is 6.49. The Balaban J connectivity index is 2.26. The Labute approximate surface area is 134 Å². The highest BCUT2D eigenvalue weighted by atomic mass is 16.2. The zero-order valence-electron chi connectivity index (χ0n) is 13.2. The Bertz CT molecular complexity index is 1040. The van der Waals surface area contributed by atoms with Crippen molar-refractivity contribution in [1.29, 1.82) is 5.26 Å². The molecular weight excluding hydrogens is 286 g/mol. The summed E-state index contributed by atoms with van der Waals surface area (Å²) in [7, 11) is 1.77. The topological polar surface area (TPSA) is 57.0 Å². The number of nitrogens with zero attached hydrogens (tertiary/aromatic N) is 3. The van der Waals surface area contributed by atoms with Crippen LogP contribution in [0.5, 0.6) is 0 Å². The number of carbonyl (C=O) groups is 1. The van der Waals surface area contributed by atoms with Crippen molar-refractivity contribution < 1.29 is 4.79 Å². The Morgan fingerprint density at radius 2 is 1.87 bits per heavy atom. The van der Waals surface area contributed by atoms with E-state index in [1.54, 1.807) is 18.1 Å². The summed E-state index contributed by atoms with van der Waals surface area (Å²) in [6.45, 7) is 3.86. The number of hydrogen-bond acceptors (Lipinski definition) is 3. The zero-order valence-corrected chi connectivity index (χ0v) is 13.2. The van der Waals surface area contributed by atoms with Crippen LogP contribution < -0.4 is 4.90 Å². The summed E-state index contributed by atoms with van der Waals surface area (Å²) in [6, 6.07) is 11.9. The smallest absolute Gasteiger partial charge is 0.236 e. The lowest BCUT2D eigenvalue weighted by molar-refractivity contribution is -0.121. The number of nitriles is 1. The first-order valence-electron chi connectivity index (χ1n) is 7.50. The van der Waals surface area contributed by atoms with Gasteiger partial charge in [-0.2, -0.15) is 5.26 Å². The van der Waals surface area contributed by atoms with Gasteiger partial charge in [0.15, 0.2) is 0 Å². The highest BCUT2D eigenvalue weighted by molar-refractivity contribution is 6.16. The van der Waals surface area contributed by atoms with E-state index < -0.39 is 5.41 Å². The second kappa shape index (κ2) is 4.30. The van der Waals surface area contributed by atoms with Gasteiger partial charge in [0.1, 0.15) is 0 Å². The van der Waals surface area contributed by atoms with Crippen LogP contribution in [-0.4, -0.2) is 17.9 Å². The van der Waals surface area contributed by atoms with E-state index in [0.717, 1.165) is 32.9 Å². The van der Waals surface area contributed by atoms with Crippen molar-refractivity contribution in [3.8, 4) is 6.07 Å². The van der Waals surface area contributed by atoms with Crippen LogP contribution in [0.1, 0.15) is 25.0 Å². The lowest BCUT2D eigenvalue weighted by atomic mass is 9.83. The van der Waals surface area contributed by atoms with Crippen LogP contribution in [0, 0.1) is 11.3 Å². The Hall–Kier alpha value is -2.93. The average molecular weight is 301 g/mol. The van der Waals surface area contributed by atoms with Crippen molar-refractivity contribution in [2.24, 2.45) is 0 Å². The molecule has 0 unspecified atom stereocenters. The molecule has 1 aromatic heterocycles. The van der Waals surface area contributed by atoms with Gasteiger partial charge in [0.2, 0.25) is 5.91 Å². The van der Waals surface area contributed by atoms with E-state index in [1.165, 1.54) is 0 Å². The summed E-state index contributed by atoms with van der Waals surface area (Å²) in [6.07, 6.45) is 1.77. The van der Waals surface area contributed by atoms with Gasteiger partial charge in [-0.25, -0.2) is 0 Å². The number of rotatable bonds is 0. The number of amides is 1. The van der Waals surface area contributed by atoms with E-state index in [1.807, 2.05) is 44.2 Å². The average Bonchev–Trinajstić information content (AvgIpc) is 2.74. The Kier molecular flexibility index (Phi) is 2.56. The SMILES string of the molecule is CN1C(=O)C(C)(C)c2c1cnc1c2cc(C#N)c2ccccc21. The highest BCUT2D eigenvalue weighted by Gasteiger charge is 2.43. The fraction of sp³-hybridized carbons (Fsp3) is 0.211. The molecule has 4 heteroatoms. The first-order valence-corrected chi connectivity index (χ1v) is 7.50. The summed E-state index contributed by atoms with van der Waals surface area (Å²) in [5, 5.41) is 12.3. The molecule has 1 aliphatic heterocycles. The van der Waals surface area contributed by atoms with Crippen molar-refractivity contribution in [1.82, 2.24) is 4.98 Å². The maximum Gasteiger partial charge on any atom is 0.236 e. The summed E-state index contributed by atoms with van der Waals surface area (Å²) in [5.41, 5.74) is 2.61. The van der Waals surface area contributed by atoms with Crippen molar-refractivity contribution in [3.63, 3.8) is 0 Å². The van der Waals surface area contributed by atoms with Crippen molar-refractivity contribution in [2.75, 3.05) is 11.9 Å². The number of fused-ring (bicyclic) bond motifs is 5. The molecule has 2 heterocycles. The molecule has 112 valence electrons. The normalized spacial score (nSPS) is 15.9. The van der Waals surface area contributed by atoms with Crippen LogP contribution in [0.2, 0.25) is 0 Å². The van der Waals surface area contributed by atoms with Crippen molar-refractivity contribution >= 4 is 33.3 Å². The van der Waals surface area contributed by atoms with Crippen LogP contribution in [-0.2, 0) is 10.2 Å². The van der Waals surface area contributed by atoms with E-state index in [9.17, 15) is 10.1 Å². The van der Waals surface area contributed by atoms with E-state index >= 15 is 0 Å². The standard InChI is InChI=1S/C19H15N3O/c1-19(2)16-14-8-11(9-20)12-6-4-5-7-13(12)17(14)21-10-15(16)22(3)18(19)23/h4-8,10H,1-3H3. The van der Waals surface area contributed by atoms with Crippen LogP contribution in [0.25, 0.3) is 21.7 Å². The van der Waals surface area contributed by atoms with Gasteiger partial charge in [-0.05, 0) is 19.9 Å². The summed E-state index contributed by atoms with van der Waals surface area (Å²) >= 11 is 0. The molecule has 0 spiro atoms. The lowest BCUT2D eigenvalue weighted by Gasteiger charge is -2.18. The van der Waals surface area contributed by atoms with Crippen molar-refractivity contribution in [2.45, 2.75) is 19.3 Å². The summed E-state index contributed by atoms with van der Waals surface area (Å²) in [4.78, 5) is 18.8. The predicted octanol–water partition coefficient (Wildman–Crippen LogP) is 3.51. The van der Waals surface area contributed by atoms with Gasteiger partial charge < -0.3 is 4.90 Å². The monoisotopic (exact) mass is 301 g/mol. The minimum absolute atomic E-state index is 0.0495. The number of pyridine rings is 1. The highest BCUT2D eigenvalue weighted by Crippen LogP contribution is 2.45. The number of likely N-dealkylation sites (N-methyl/N-ethyl adjacent to an activating group) is 1. The minimum Gasteiger partial charge on any atom is -0.313 e. The Morgan fingerprint density at radius 1 is 1.17 bits per heavy atom. The molecule has 0 bridgehead atoms. The maximum atomic E-state index is 12.6. The molecule has 0 saturated carbocycles. The molecular formula is C19H15N3O. The first-order chi connectivity index (χ1) is 11.0. The fourth-order valence-corrected chi connectivity index (χ4v) is 3.66.